The van der Waals surface area contributed by atoms with Gasteiger partial charge in [-0.25, -0.2) is 0 Å². The number of hydrogen-bond donors (Lipinski definition) is 1. The zero-order valence-electron chi connectivity index (χ0n) is 10.7. The molecule has 20 heavy (non-hydrogen) atoms. The third-order valence-corrected chi connectivity index (χ3v) is 3.09. The van der Waals surface area contributed by atoms with E-state index >= 15 is 0 Å². The molecule has 3 rings (SSSR count). The summed E-state index contributed by atoms with van der Waals surface area (Å²) in [5, 5.41) is 0.582. The predicted octanol–water partition coefficient (Wildman–Crippen LogP) is 3.34. The van der Waals surface area contributed by atoms with E-state index in [1.165, 1.54) is 6.07 Å². The van der Waals surface area contributed by atoms with Crippen LogP contribution in [0.15, 0.2) is 63.8 Å². The van der Waals surface area contributed by atoms with Gasteiger partial charge in [-0.1, -0.05) is 36.4 Å². The van der Waals surface area contributed by atoms with E-state index in [4.69, 9.17) is 10.2 Å². The molecule has 0 atom stereocenters. The van der Waals surface area contributed by atoms with Gasteiger partial charge in [-0.05, 0) is 23.3 Å². The Morgan fingerprint density at radius 1 is 0.950 bits per heavy atom. The van der Waals surface area contributed by atoms with Crippen LogP contribution in [0.5, 0.6) is 0 Å². The summed E-state index contributed by atoms with van der Waals surface area (Å²) in [4.78, 5) is 12.0. The Labute approximate surface area is 122 Å². The molecule has 0 aliphatic carbocycles. The molecule has 0 saturated carbocycles. The molecule has 0 unspecified atom stereocenters. The Hall–Kier alpha value is -2.10. The number of hydrogen-bond acceptors (Lipinski definition) is 3. The Morgan fingerprint density at radius 2 is 1.70 bits per heavy atom. The first-order chi connectivity index (χ1) is 9.28. The van der Waals surface area contributed by atoms with E-state index in [1.54, 1.807) is 0 Å². The van der Waals surface area contributed by atoms with Crippen molar-refractivity contribution in [2.24, 2.45) is 5.73 Å². The zero-order valence-corrected chi connectivity index (χ0v) is 11.5. The van der Waals surface area contributed by atoms with Crippen LogP contribution in [0.2, 0.25) is 0 Å². The van der Waals surface area contributed by atoms with Gasteiger partial charge in [-0.3, -0.25) is 4.79 Å². The molecule has 1 aromatic heterocycles. The van der Waals surface area contributed by atoms with Crippen LogP contribution in [0.1, 0.15) is 5.76 Å². The van der Waals surface area contributed by atoms with Gasteiger partial charge in [0.25, 0.3) is 0 Å². The van der Waals surface area contributed by atoms with Crippen LogP contribution in [0.3, 0.4) is 0 Å². The topological polar surface area (TPSA) is 56.2 Å². The summed E-state index contributed by atoms with van der Waals surface area (Å²) in [7, 11) is 0. The van der Waals surface area contributed by atoms with Gasteiger partial charge in [0.1, 0.15) is 11.3 Å². The maximum absolute atomic E-state index is 12.0. The lowest BCUT2D eigenvalue weighted by molar-refractivity contribution is 0.539. The second-order valence-electron chi connectivity index (χ2n) is 4.36. The minimum absolute atomic E-state index is 0. The number of nitrogens with two attached hydrogens (primary N) is 1. The summed E-state index contributed by atoms with van der Waals surface area (Å²) in [6.07, 6.45) is 0. The molecule has 0 radical (unpaired) electrons. The van der Waals surface area contributed by atoms with E-state index < -0.39 is 0 Å². The average molecular weight is 288 g/mol. The molecule has 0 spiro atoms. The zero-order chi connectivity index (χ0) is 13.2. The van der Waals surface area contributed by atoms with Gasteiger partial charge in [0.15, 0.2) is 5.43 Å². The van der Waals surface area contributed by atoms with Crippen LogP contribution in [-0.2, 0) is 6.54 Å². The highest BCUT2D eigenvalue weighted by molar-refractivity contribution is 5.85. The monoisotopic (exact) mass is 287 g/mol. The van der Waals surface area contributed by atoms with Crippen molar-refractivity contribution in [2.45, 2.75) is 6.54 Å². The van der Waals surface area contributed by atoms with Gasteiger partial charge < -0.3 is 10.2 Å². The molecule has 0 amide bonds. The highest BCUT2D eigenvalue weighted by Gasteiger charge is 2.06. The Balaban J connectivity index is 0.00000147. The molecule has 3 nitrogen and oxygen atoms in total. The molecule has 0 aliphatic rings. The lowest BCUT2D eigenvalue weighted by atomic mass is 10.0. The number of rotatable bonds is 2. The second-order valence-corrected chi connectivity index (χ2v) is 4.36. The van der Waals surface area contributed by atoms with E-state index in [9.17, 15) is 4.79 Å². The van der Waals surface area contributed by atoms with Crippen molar-refractivity contribution in [1.82, 2.24) is 0 Å². The molecule has 0 saturated heterocycles. The molecule has 4 heteroatoms. The van der Waals surface area contributed by atoms with Gasteiger partial charge in [-0.2, -0.15) is 0 Å². The fraction of sp³-hybridized carbons (Fsp3) is 0.0625. The van der Waals surface area contributed by atoms with Crippen molar-refractivity contribution < 1.29 is 4.42 Å². The van der Waals surface area contributed by atoms with E-state index in [0.717, 1.165) is 11.1 Å². The Kier molecular flexibility index (Phi) is 4.23. The molecule has 0 bridgehead atoms. The SMILES string of the molecule is Cl.NCc1cc(=O)c2cc(-c3ccccc3)ccc2o1. The first kappa shape index (κ1) is 14.3. The lowest BCUT2D eigenvalue weighted by Gasteiger charge is -2.04. The van der Waals surface area contributed by atoms with Crippen molar-refractivity contribution in [1.29, 1.82) is 0 Å². The van der Waals surface area contributed by atoms with Crippen molar-refractivity contribution in [3.8, 4) is 11.1 Å². The molecular formula is C16H14ClNO2. The quantitative estimate of drug-likeness (QED) is 0.786. The minimum Gasteiger partial charge on any atom is -0.459 e. The molecule has 0 fully saturated rings. The Bertz CT molecular complexity index is 781. The minimum atomic E-state index is -0.0560. The van der Waals surface area contributed by atoms with E-state index in [2.05, 4.69) is 0 Å². The first-order valence-corrected chi connectivity index (χ1v) is 6.10. The fourth-order valence-electron chi connectivity index (χ4n) is 2.12. The highest BCUT2D eigenvalue weighted by atomic mass is 35.5. The van der Waals surface area contributed by atoms with Gasteiger partial charge in [0, 0.05) is 6.07 Å². The van der Waals surface area contributed by atoms with Crippen molar-refractivity contribution >= 4 is 23.4 Å². The maximum Gasteiger partial charge on any atom is 0.193 e. The molecule has 1 heterocycles. The van der Waals surface area contributed by atoms with Crippen LogP contribution in [0, 0.1) is 0 Å². The predicted molar refractivity (Wildman–Crippen MR) is 83.1 cm³/mol. The van der Waals surface area contributed by atoms with Crippen LogP contribution in [-0.4, -0.2) is 0 Å². The first-order valence-electron chi connectivity index (χ1n) is 6.10. The lowest BCUT2D eigenvalue weighted by Crippen LogP contribution is -2.05. The van der Waals surface area contributed by atoms with Crippen molar-refractivity contribution in [3.05, 3.63) is 70.6 Å². The standard InChI is InChI=1S/C16H13NO2.ClH/c17-10-13-9-15(18)14-8-12(6-7-16(14)19-13)11-4-2-1-3-5-11;/h1-9H,10,17H2;1H. The van der Waals surface area contributed by atoms with E-state index in [0.29, 0.717) is 16.7 Å². The fourth-order valence-corrected chi connectivity index (χ4v) is 2.12. The average Bonchev–Trinajstić information content (AvgIpc) is 2.47. The summed E-state index contributed by atoms with van der Waals surface area (Å²) in [6, 6.07) is 17.0. The second kappa shape index (κ2) is 5.90. The number of fused-ring (bicyclic) bond motifs is 1. The van der Waals surface area contributed by atoms with E-state index in [-0.39, 0.29) is 24.4 Å². The normalized spacial score (nSPS) is 10.2. The van der Waals surface area contributed by atoms with Crippen LogP contribution >= 0.6 is 12.4 Å². The van der Waals surface area contributed by atoms with Crippen molar-refractivity contribution in [2.75, 3.05) is 0 Å². The third kappa shape index (κ3) is 2.59. The van der Waals surface area contributed by atoms with E-state index in [1.807, 2.05) is 48.5 Å². The molecule has 2 aromatic carbocycles. The third-order valence-electron chi connectivity index (χ3n) is 3.09. The van der Waals surface area contributed by atoms with Gasteiger partial charge in [0.2, 0.25) is 0 Å². The van der Waals surface area contributed by atoms with Gasteiger partial charge in [0.05, 0.1) is 11.9 Å². The van der Waals surface area contributed by atoms with Crippen LogP contribution < -0.4 is 11.2 Å². The van der Waals surface area contributed by atoms with Gasteiger partial charge in [-0.15, -0.1) is 12.4 Å². The summed E-state index contributed by atoms with van der Waals surface area (Å²) < 4.78 is 5.56. The smallest absolute Gasteiger partial charge is 0.193 e. The molecule has 102 valence electrons. The molecular weight excluding hydrogens is 274 g/mol. The van der Waals surface area contributed by atoms with Gasteiger partial charge >= 0.3 is 0 Å². The van der Waals surface area contributed by atoms with Crippen LogP contribution in [0.25, 0.3) is 22.1 Å². The Morgan fingerprint density at radius 3 is 2.40 bits per heavy atom. The summed E-state index contributed by atoms with van der Waals surface area (Å²) in [5.74, 6) is 0.505. The van der Waals surface area contributed by atoms with Crippen LogP contribution in [0.4, 0.5) is 0 Å². The number of benzene rings is 2. The molecule has 0 aliphatic heterocycles. The highest BCUT2D eigenvalue weighted by Crippen LogP contribution is 2.23. The summed E-state index contributed by atoms with van der Waals surface area (Å²) >= 11 is 0. The maximum atomic E-state index is 12.0. The largest absolute Gasteiger partial charge is 0.459 e. The summed E-state index contributed by atoms with van der Waals surface area (Å²) in [6.45, 7) is 0.228. The number of halogens is 1. The molecule has 2 N–H and O–H groups in total. The molecule has 3 aromatic rings. The van der Waals surface area contributed by atoms with Crippen molar-refractivity contribution in [3.63, 3.8) is 0 Å². The summed E-state index contributed by atoms with van der Waals surface area (Å²) in [5.41, 5.74) is 8.10.